The van der Waals surface area contributed by atoms with Crippen LogP contribution in [-0.4, -0.2) is 37.6 Å². The zero-order valence-electron chi connectivity index (χ0n) is 10.9. The highest BCUT2D eigenvalue weighted by molar-refractivity contribution is 8.22. The summed E-state index contributed by atoms with van der Waals surface area (Å²) in [5.41, 5.74) is 3.23. The van der Waals surface area contributed by atoms with Gasteiger partial charge in [-0.05, 0) is 17.9 Å². The van der Waals surface area contributed by atoms with Gasteiger partial charge in [-0.1, -0.05) is 30.4 Å². The summed E-state index contributed by atoms with van der Waals surface area (Å²) in [7, 11) is 0. The van der Waals surface area contributed by atoms with Crippen LogP contribution in [0.1, 0.15) is 11.3 Å². The fourth-order valence-corrected chi connectivity index (χ4v) is 3.36. The van der Waals surface area contributed by atoms with Crippen LogP contribution in [-0.2, 0) is 17.8 Å². The number of fused-ring (bicyclic) bond motifs is 3. The van der Waals surface area contributed by atoms with Crippen LogP contribution in [0.15, 0.2) is 24.3 Å². The van der Waals surface area contributed by atoms with Gasteiger partial charge in [0.1, 0.15) is 10.4 Å². The Kier molecular flexibility index (Phi) is 3.43. The number of rotatable bonds is 1. The summed E-state index contributed by atoms with van der Waals surface area (Å²) in [4.78, 5) is 16.7. The summed E-state index contributed by atoms with van der Waals surface area (Å²) in [6.07, 6.45) is 2.36. The van der Waals surface area contributed by atoms with E-state index < -0.39 is 12.0 Å². The van der Waals surface area contributed by atoms with Gasteiger partial charge in [0.15, 0.2) is 0 Å². The van der Waals surface area contributed by atoms with E-state index in [1.54, 1.807) is 4.90 Å². The normalized spacial score (nSPS) is 18.1. The third kappa shape index (κ3) is 2.09. The highest BCUT2D eigenvalue weighted by atomic mass is 32.2. The molecule has 0 saturated heterocycles. The van der Waals surface area contributed by atoms with Gasteiger partial charge >= 0.3 is 5.97 Å². The number of aromatic amines is 1. The molecule has 1 aliphatic heterocycles. The van der Waals surface area contributed by atoms with E-state index in [2.05, 4.69) is 4.98 Å². The maximum absolute atomic E-state index is 11.5. The highest BCUT2D eigenvalue weighted by Crippen LogP contribution is 2.31. The zero-order chi connectivity index (χ0) is 14.3. The van der Waals surface area contributed by atoms with Gasteiger partial charge in [-0.25, -0.2) is 4.79 Å². The molecule has 20 heavy (non-hydrogen) atoms. The van der Waals surface area contributed by atoms with Gasteiger partial charge in [0.25, 0.3) is 0 Å². The van der Waals surface area contributed by atoms with Crippen molar-refractivity contribution < 1.29 is 9.90 Å². The Balaban J connectivity index is 2.08. The van der Waals surface area contributed by atoms with Gasteiger partial charge in [0.05, 0.1) is 6.54 Å². The Hall–Kier alpha value is -1.53. The summed E-state index contributed by atoms with van der Waals surface area (Å²) in [6.45, 7) is 0.528. The van der Waals surface area contributed by atoms with Crippen LogP contribution in [0.3, 0.4) is 0 Å². The molecule has 2 heterocycles. The Labute approximate surface area is 126 Å². The quantitative estimate of drug-likeness (QED) is 0.793. The molecule has 0 bridgehead atoms. The third-order valence-electron chi connectivity index (χ3n) is 3.70. The van der Waals surface area contributed by atoms with Gasteiger partial charge in [-0.15, -0.1) is 11.8 Å². The number of carbonyl (C=O) groups is 1. The van der Waals surface area contributed by atoms with Crippen LogP contribution >= 0.6 is 24.0 Å². The summed E-state index contributed by atoms with van der Waals surface area (Å²) in [6, 6.07) is 7.42. The molecule has 2 aromatic rings. The summed E-state index contributed by atoms with van der Waals surface area (Å²) in [5.74, 6) is -0.822. The molecule has 2 N–H and O–H groups in total. The smallest absolute Gasteiger partial charge is 0.326 e. The number of aliphatic carboxylic acids is 1. The fraction of sp³-hybridized carbons (Fsp3) is 0.286. The molecule has 0 fully saturated rings. The lowest BCUT2D eigenvalue weighted by Gasteiger charge is -2.34. The molecule has 104 valence electrons. The minimum absolute atomic E-state index is 0.482. The molecule has 1 aromatic heterocycles. The maximum atomic E-state index is 11.5. The van der Waals surface area contributed by atoms with Crippen molar-refractivity contribution in [3.05, 3.63) is 35.5 Å². The van der Waals surface area contributed by atoms with E-state index in [0.29, 0.717) is 17.3 Å². The SMILES string of the molecule is CSC(=S)N1Cc2[nH]c3ccccc3c2CC1C(=O)O. The molecule has 0 spiro atoms. The number of carboxylic acid groups (broad SMARTS) is 1. The van der Waals surface area contributed by atoms with Gasteiger partial charge in [0, 0.05) is 23.0 Å². The average Bonchev–Trinajstić information content (AvgIpc) is 2.82. The molecule has 4 nitrogen and oxygen atoms in total. The first-order valence-electron chi connectivity index (χ1n) is 6.27. The largest absolute Gasteiger partial charge is 0.480 e. The van der Waals surface area contributed by atoms with Crippen molar-refractivity contribution in [2.24, 2.45) is 0 Å². The Morgan fingerprint density at radius 2 is 2.25 bits per heavy atom. The number of thioether (sulfide) groups is 1. The molecular formula is C14H14N2O2S2. The molecular weight excluding hydrogens is 292 g/mol. The Morgan fingerprint density at radius 1 is 1.50 bits per heavy atom. The molecule has 6 heteroatoms. The number of nitrogens with one attached hydrogen (secondary N) is 1. The van der Waals surface area contributed by atoms with Crippen LogP contribution in [0.5, 0.6) is 0 Å². The first-order valence-corrected chi connectivity index (χ1v) is 7.91. The standard InChI is InChI=1S/C14H14N2O2S2/c1-20-14(19)16-7-11-9(6-12(16)13(17)18)8-4-2-3-5-10(8)15-11/h2-5,12,15H,6-7H2,1H3,(H,17,18). The van der Waals surface area contributed by atoms with Crippen LogP contribution in [0, 0.1) is 0 Å². The summed E-state index contributed by atoms with van der Waals surface area (Å²) < 4.78 is 0.627. The predicted octanol–water partition coefficient (Wildman–Crippen LogP) is 2.63. The van der Waals surface area contributed by atoms with E-state index >= 15 is 0 Å². The number of hydrogen-bond donors (Lipinski definition) is 2. The van der Waals surface area contributed by atoms with E-state index in [9.17, 15) is 9.90 Å². The number of nitrogens with zero attached hydrogens (tertiary/aromatic N) is 1. The molecule has 0 amide bonds. The topological polar surface area (TPSA) is 56.3 Å². The van der Waals surface area contributed by atoms with Crippen LogP contribution in [0.25, 0.3) is 10.9 Å². The number of benzene rings is 1. The van der Waals surface area contributed by atoms with Crippen LogP contribution in [0.4, 0.5) is 0 Å². The maximum Gasteiger partial charge on any atom is 0.326 e. The Morgan fingerprint density at radius 3 is 2.95 bits per heavy atom. The van der Waals surface area contributed by atoms with Gasteiger partial charge in [-0.3, -0.25) is 0 Å². The number of hydrogen-bond acceptors (Lipinski definition) is 3. The number of thiocarbonyl (C=S) groups is 1. The molecule has 1 atom stereocenters. The van der Waals surface area contributed by atoms with E-state index in [1.165, 1.54) is 11.8 Å². The lowest BCUT2D eigenvalue weighted by atomic mass is 9.97. The Bertz CT molecular complexity index is 696. The van der Waals surface area contributed by atoms with Gasteiger partial charge < -0.3 is 15.0 Å². The predicted molar refractivity (Wildman–Crippen MR) is 85.1 cm³/mol. The number of carboxylic acids is 1. The first-order chi connectivity index (χ1) is 9.61. The second-order valence-corrected chi connectivity index (χ2v) is 6.22. The van der Waals surface area contributed by atoms with Crippen LogP contribution in [0.2, 0.25) is 0 Å². The summed E-state index contributed by atoms with van der Waals surface area (Å²) in [5, 5.41) is 10.6. The summed E-state index contributed by atoms with van der Waals surface area (Å²) >= 11 is 6.71. The molecule has 3 rings (SSSR count). The number of para-hydroxylation sites is 1. The minimum Gasteiger partial charge on any atom is -0.480 e. The van der Waals surface area contributed by atoms with Crippen molar-refractivity contribution in [3.63, 3.8) is 0 Å². The van der Waals surface area contributed by atoms with Crippen molar-refractivity contribution in [2.75, 3.05) is 6.26 Å². The molecule has 0 radical (unpaired) electrons. The van der Waals surface area contributed by atoms with Crippen molar-refractivity contribution >= 4 is 45.2 Å². The van der Waals surface area contributed by atoms with Crippen molar-refractivity contribution in [3.8, 4) is 0 Å². The van der Waals surface area contributed by atoms with E-state index in [1.807, 2.05) is 30.5 Å². The first kappa shape index (κ1) is 13.5. The lowest BCUT2D eigenvalue weighted by molar-refractivity contribution is -0.142. The number of aromatic nitrogens is 1. The molecule has 1 aliphatic rings. The van der Waals surface area contributed by atoms with Crippen molar-refractivity contribution in [1.82, 2.24) is 9.88 Å². The molecule has 0 saturated carbocycles. The van der Waals surface area contributed by atoms with E-state index in [-0.39, 0.29) is 0 Å². The monoisotopic (exact) mass is 306 g/mol. The molecule has 1 aromatic carbocycles. The lowest BCUT2D eigenvalue weighted by Crippen LogP contribution is -2.47. The molecule has 0 aliphatic carbocycles. The second kappa shape index (κ2) is 5.10. The average molecular weight is 306 g/mol. The minimum atomic E-state index is -0.822. The third-order valence-corrected chi connectivity index (χ3v) is 5.02. The van der Waals surface area contributed by atoms with Crippen molar-refractivity contribution in [2.45, 2.75) is 19.0 Å². The van der Waals surface area contributed by atoms with Crippen LogP contribution < -0.4 is 0 Å². The van der Waals surface area contributed by atoms with Gasteiger partial charge in [0.2, 0.25) is 0 Å². The second-order valence-electron chi connectivity index (χ2n) is 4.78. The van der Waals surface area contributed by atoms with Gasteiger partial charge in [-0.2, -0.15) is 0 Å². The van der Waals surface area contributed by atoms with Crippen molar-refractivity contribution in [1.29, 1.82) is 0 Å². The highest BCUT2D eigenvalue weighted by Gasteiger charge is 2.34. The number of H-pyrrole nitrogens is 1. The zero-order valence-corrected chi connectivity index (χ0v) is 12.6. The van der Waals surface area contributed by atoms with E-state index in [4.69, 9.17) is 12.2 Å². The van der Waals surface area contributed by atoms with E-state index in [0.717, 1.165) is 22.2 Å². The fourth-order valence-electron chi connectivity index (χ4n) is 2.74. The molecule has 1 unspecified atom stereocenters.